The van der Waals surface area contributed by atoms with Gasteiger partial charge in [0.05, 0.1) is 0 Å². The predicted molar refractivity (Wildman–Crippen MR) is 91.2 cm³/mol. The van der Waals surface area contributed by atoms with Crippen molar-refractivity contribution in [3.8, 4) is 0 Å². The first kappa shape index (κ1) is 15.5. The summed E-state index contributed by atoms with van der Waals surface area (Å²) in [6.45, 7) is 6.73. The topological polar surface area (TPSA) is 40.6 Å². The zero-order valence-electron chi connectivity index (χ0n) is 12.8. The fourth-order valence-electron chi connectivity index (χ4n) is 2.87. The fraction of sp³-hybridized carbons (Fsp3) is 0.375. The van der Waals surface area contributed by atoms with Gasteiger partial charge in [-0.25, -0.2) is 8.42 Å². The van der Waals surface area contributed by atoms with Crippen molar-refractivity contribution < 1.29 is 8.42 Å². The van der Waals surface area contributed by atoms with Crippen LogP contribution in [0.4, 0.5) is 5.69 Å². The van der Waals surface area contributed by atoms with Crippen LogP contribution < -0.4 is 4.90 Å². The van der Waals surface area contributed by atoms with Gasteiger partial charge in [0.2, 0.25) is 0 Å². The molecule has 2 aromatic rings. The van der Waals surface area contributed by atoms with E-state index in [0.717, 1.165) is 13.1 Å². The minimum Gasteiger partial charge on any atom is -0.369 e. The molecule has 6 heteroatoms. The molecule has 0 aliphatic carbocycles. The van der Waals surface area contributed by atoms with Crippen molar-refractivity contribution in [1.82, 2.24) is 4.31 Å². The molecule has 0 bridgehead atoms. The summed E-state index contributed by atoms with van der Waals surface area (Å²) in [5.41, 5.74) is 3.70. The quantitative estimate of drug-likeness (QED) is 0.865. The van der Waals surface area contributed by atoms with E-state index in [1.807, 2.05) is 0 Å². The summed E-state index contributed by atoms with van der Waals surface area (Å²) < 4.78 is 27.1. The van der Waals surface area contributed by atoms with Crippen molar-refractivity contribution >= 4 is 27.0 Å². The van der Waals surface area contributed by atoms with E-state index < -0.39 is 10.0 Å². The lowest BCUT2D eigenvalue weighted by atomic mass is 10.1. The molecule has 22 heavy (non-hydrogen) atoms. The largest absolute Gasteiger partial charge is 0.369 e. The Morgan fingerprint density at radius 1 is 1.05 bits per heavy atom. The Morgan fingerprint density at radius 3 is 2.36 bits per heavy atom. The third-order valence-electron chi connectivity index (χ3n) is 4.02. The summed E-state index contributed by atoms with van der Waals surface area (Å²) >= 11 is 1.28. The van der Waals surface area contributed by atoms with Crippen LogP contribution in [0.25, 0.3) is 0 Å². The Kier molecular flexibility index (Phi) is 4.25. The Bertz CT molecular complexity index is 746. The maximum Gasteiger partial charge on any atom is 0.252 e. The Morgan fingerprint density at radius 2 is 1.77 bits per heavy atom. The third kappa shape index (κ3) is 2.91. The van der Waals surface area contributed by atoms with Crippen LogP contribution in [-0.4, -0.2) is 38.9 Å². The van der Waals surface area contributed by atoms with Gasteiger partial charge in [0.1, 0.15) is 4.21 Å². The maximum absolute atomic E-state index is 12.5. The first-order chi connectivity index (χ1) is 10.5. The zero-order valence-corrected chi connectivity index (χ0v) is 14.5. The van der Waals surface area contributed by atoms with E-state index in [0.29, 0.717) is 17.3 Å². The average molecular weight is 336 g/mol. The molecular weight excluding hydrogens is 316 g/mol. The molecular formula is C16H20N2O2S2. The van der Waals surface area contributed by atoms with E-state index in [9.17, 15) is 8.42 Å². The van der Waals surface area contributed by atoms with E-state index in [-0.39, 0.29) is 0 Å². The summed E-state index contributed by atoms with van der Waals surface area (Å²) in [4.78, 5) is 2.27. The van der Waals surface area contributed by atoms with Crippen molar-refractivity contribution in [2.24, 2.45) is 0 Å². The number of anilines is 1. The molecule has 0 spiro atoms. The van der Waals surface area contributed by atoms with Gasteiger partial charge in [-0.05, 0) is 36.9 Å². The van der Waals surface area contributed by atoms with Crippen molar-refractivity contribution in [3.05, 3.63) is 46.8 Å². The molecule has 0 saturated carbocycles. The molecule has 1 aromatic carbocycles. The van der Waals surface area contributed by atoms with Gasteiger partial charge in [-0.15, -0.1) is 11.3 Å². The van der Waals surface area contributed by atoms with E-state index >= 15 is 0 Å². The lowest BCUT2D eigenvalue weighted by Gasteiger charge is -2.36. The van der Waals surface area contributed by atoms with Gasteiger partial charge >= 0.3 is 0 Å². The molecule has 1 aromatic heterocycles. The van der Waals surface area contributed by atoms with Gasteiger partial charge in [-0.1, -0.05) is 23.8 Å². The molecule has 0 radical (unpaired) electrons. The van der Waals surface area contributed by atoms with Gasteiger partial charge in [-0.3, -0.25) is 0 Å². The second-order valence-electron chi connectivity index (χ2n) is 5.61. The first-order valence-corrected chi connectivity index (χ1v) is 9.66. The van der Waals surface area contributed by atoms with Gasteiger partial charge in [0.15, 0.2) is 0 Å². The van der Waals surface area contributed by atoms with Gasteiger partial charge in [-0.2, -0.15) is 4.31 Å². The standard InChI is InChI=1S/C16H20N2O2S2/c1-13-5-6-15(14(2)12-13)17-7-9-18(10-8-17)22(19,20)16-4-3-11-21-16/h3-6,11-12H,7-10H2,1-2H3. The van der Waals surface area contributed by atoms with Crippen molar-refractivity contribution in [2.75, 3.05) is 31.1 Å². The average Bonchev–Trinajstić information content (AvgIpc) is 3.02. The second-order valence-corrected chi connectivity index (χ2v) is 8.73. The number of nitrogens with zero attached hydrogens (tertiary/aromatic N) is 2. The molecule has 0 unspecified atom stereocenters. The van der Waals surface area contributed by atoms with E-state index in [1.54, 1.807) is 21.8 Å². The zero-order chi connectivity index (χ0) is 15.7. The van der Waals surface area contributed by atoms with Crippen LogP contribution >= 0.6 is 11.3 Å². The van der Waals surface area contributed by atoms with Crippen LogP contribution in [-0.2, 0) is 10.0 Å². The summed E-state index contributed by atoms with van der Waals surface area (Å²) in [5, 5.41) is 1.80. The van der Waals surface area contributed by atoms with Crippen molar-refractivity contribution in [2.45, 2.75) is 18.1 Å². The molecule has 0 amide bonds. The number of hydrogen-bond donors (Lipinski definition) is 0. The molecule has 4 nitrogen and oxygen atoms in total. The Hall–Kier alpha value is -1.37. The number of rotatable bonds is 3. The third-order valence-corrected chi connectivity index (χ3v) is 7.29. The Labute approximate surface area is 136 Å². The van der Waals surface area contributed by atoms with Crippen LogP contribution in [0.3, 0.4) is 0 Å². The Balaban J connectivity index is 1.73. The number of thiophene rings is 1. The molecule has 1 aliphatic heterocycles. The molecule has 3 rings (SSSR count). The molecule has 118 valence electrons. The SMILES string of the molecule is Cc1ccc(N2CCN(S(=O)(=O)c3cccs3)CC2)c(C)c1. The van der Waals surface area contributed by atoms with Crippen molar-refractivity contribution in [1.29, 1.82) is 0 Å². The maximum atomic E-state index is 12.5. The van der Waals surface area contributed by atoms with Crippen LogP contribution in [0.15, 0.2) is 39.9 Å². The van der Waals surface area contributed by atoms with Gasteiger partial charge in [0.25, 0.3) is 10.0 Å². The minimum absolute atomic E-state index is 0.437. The first-order valence-electron chi connectivity index (χ1n) is 7.34. The highest BCUT2D eigenvalue weighted by Crippen LogP contribution is 2.26. The highest BCUT2D eigenvalue weighted by atomic mass is 32.2. The number of aryl methyl sites for hydroxylation is 2. The van der Waals surface area contributed by atoms with Crippen LogP contribution in [0.2, 0.25) is 0 Å². The van der Waals surface area contributed by atoms with Gasteiger partial charge in [0, 0.05) is 31.9 Å². The van der Waals surface area contributed by atoms with Crippen LogP contribution in [0, 0.1) is 13.8 Å². The van der Waals surface area contributed by atoms with Crippen LogP contribution in [0.5, 0.6) is 0 Å². The van der Waals surface area contributed by atoms with E-state index in [2.05, 4.69) is 36.9 Å². The molecule has 1 fully saturated rings. The normalized spacial score (nSPS) is 16.9. The smallest absolute Gasteiger partial charge is 0.252 e. The lowest BCUT2D eigenvalue weighted by Crippen LogP contribution is -2.48. The van der Waals surface area contributed by atoms with Crippen LogP contribution in [0.1, 0.15) is 11.1 Å². The summed E-state index contributed by atoms with van der Waals surface area (Å²) in [7, 11) is -3.32. The van der Waals surface area contributed by atoms with Gasteiger partial charge < -0.3 is 4.90 Å². The monoisotopic (exact) mass is 336 g/mol. The molecule has 1 aliphatic rings. The molecule has 0 atom stereocenters. The van der Waals surface area contributed by atoms with E-state index in [4.69, 9.17) is 0 Å². The number of benzene rings is 1. The highest BCUT2D eigenvalue weighted by Gasteiger charge is 2.29. The number of sulfonamides is 1. The summed E-state index contributed by atoms with van der Waals surface area (Å²) in [5.74, 6) is 0. The lowest BCUT2D eigenvalue weighted by molar-refractivity contribution is 0.385. The summed E-state index contributed by atoms with van der Waals surface area (Å²) in [6, 6.07) is 9.87. The number of piperazine rings is 1. The number of hydrogen-bond acceptors (Lipinski definition) is 4. The van der Waals surface area contributed by atoms with Crippen molar-refractivity contribution in [3.63, 3.8) is 0 Å². The fourth-order valence-corrected chi connectivity index (χ4v) is 5.43. The molecule has 0 N–H and O–H groups in total. The highest BCUT2D eigenvalue weighted by molar-refractivity contribution is 7.91. The second kappa shape index (κ2) is 6.02. The summed E-state index contributed by atoms with van der Waals surface area (Å²) in [6.07, 6.45) is 0. The molecule has 1 saturated heterocycles. The van der Waals surface area contributed by atoms with E-state index in [1.165, 1.54) is 28.2 Å². The minimum atomic E-state index is -3.32. The molecule has 2 heterocycles. The predicted octanol–water partition coefficient (Wildman–Crippen LogP) is 2.88.